The molecule has 2 heterocycles. The van der Waals surface area contributed by atoms with Crippen LogP contribution in [0.25, 0.3) is 10.2 Å². The Morgan fingerprint density at radius 3 is 2.58 bits per heavy atom. The van der Waals surface area contributed by atoms with Gasteiger partial charge in [-0.05, 0) is 49.9 Å². The van der Waals surface area contributed by atoms with Crippen molar-refractivity contribution in [2.24, 2.45) is 0 Å². The Bertz CT molecular complexity index is 1260. The van der Waals surface area contributed by atoms with E-state index < -0.39 is 9.84 Å². The van der Waals surface area contributed by atoms with Gasteiger partial charge >= 0.3 is 0 Å². The first-order valence-corrected chi connectivity index (χ1v) is 15.4. The average Bonchev–Trinajstić information content (AvgIpc) is 3.28. The van der Waals surface area contributed by atoms with Gasteiger partial charge in [0.2, 0.25) is 5.91 Å². The number of aromatic nitrogens is 1. The lowest BCUT2D eigenvalue weighted by molar-refractivity contribution is -0.118. The van der Waals surface area contributed by atoms with E-state index in [1.807, 2.05) is 25.3 Å². The molecule has 1 amide bonds. The molecular weight excluding hydrogens is 538 g/mol. The normalized spacial score (nSPS) is 14.5. The highest BCUT2D eigenvalue weighted by atomic mass is 35.5. The number of aryl methyl sites for hydroxylation is 1. The first-order valence-electron chi connectivity index (χ1n) is 11.7. The van der Waals surface area contributed by atoms with Crippen molar-refractivity contribution in [3.8, 4) is 0 Å². The van der Waals surface area contributed by atoms with Gasteiger partial charge < -0.3 is 4.74 Å². The fourth-order valence-electron chi connectivity index (χ4n) is 3.94. The van der Waals surface area contributed by atoms with Crippen LogP contribution in [-0.4, -0.2) is 75.6 Å². The number of hydrogen-bond donors (Lipinski definition) is 0. The van der Waals surface area contributed by atoms with Gasteiger partial charge in [-0.2, -0.15) is 0 Å². The fraction of sp³-hybridized carbons (Fsp3) is 0.440. The third kappa shape index (κ3) is 7.43. The summed E-state index contributed by atoms with van der Waals surface area (Å²) in [5, 5.41) is 0.665. The molecule has 1 fully saturated rings. The molecule has 7 nitrogen and oxygen atoms in total. The summed E-state index contributed by atoms with van der Waals surface area (Å²) in [6.45, 7) is 6.24. The van der Waals surface area contributed by atoms with E-state index in [-0.39, 0.29) is 36.9 Å². The van der Waals surface area contributed by atoms with E-state index in [0.29, 0.717) is 29.8 Å². The lowest BCUT2D eigenvalue weighted by Gasteiger charge is -2.29. The second kappa shape index (κ2) is 13.2. The first kappa shape index (κ1) is 28.9. The number of morpholine rings is 1. The maximum Gasteiger partial charge on any atom is 0.228 e. The Kier molecular flexibility index (Phi) is 10.6. The zero-order valence-electron chi connectivity index (χ0n) is 20.5. The standard InChI is InChI=1S/C25H31N3O4S3.ClH/c1-19-5-8-21(9-6-19)35(30,31)17-3-4-24(29)28(12-11-27-13-15-32-16-14-27)25-26-22-10-7-20(33-2)18-23(22)34-25;/h5-10,18H,3-4,11-17H2,1-2H3;1H. The van der Waals surface area contributed by atoms with E-state index >= 15 is 0 Å². The zero-order valence-corrected chi connectivity index (χ0v) is 23.8. The fourth-order valence-corrected chi connectivity index (χ4v) is 6.81. The van der Waals surface area contributed by atoms with Crippen molar-refractivity contribution in [3.63, 3.8) is 0 Å². The number of fused-ring (bicyclic) bond motifs is 1. The minimum Gasteiger partial charge on any atom is -0.379 e. The second-order valence-electron chi connectivity index (χ2n) is 8.56. The second-order valence-corrected chi connectivity index (χ2v) is 12.6. The van der Waals surface area contributed by atoms with Crippen LogP contribution in [0.15, 0.2) is 52.3 Å². The molecule has 0 unspecified atom stereocenters. The summed E-state index contributed by atoms with van der Waals surface area (Å²) in [6.07, 6.45) is 2.46. The highest BCUT2D eigenvalue weighted by Crippen LogP contribution is 2.32. The topological polar surface area (TPSA) is 79.8 Å². The predicted molar refractivity (Wildman–Crippen MR) is 151 cm³/mol. The molecular formula is C25H32ClN3O4S3. The number of carbonyl (C=O) groups is 1. The molecule has 0 atom stereocenters. The van der Waals surface area contributed by atoms with Gasteiger partial charge in [0.25, 0.3) is 0 Å². The molecule has 1 aliphatic rings. The smallest absolute Gasteiger partial charge is 0.228 e. The maximum absolute atomic E-state index is 13.3. The third-order valence-corrected chi connectivity index (χ3v) is 9.63. The summed E-state index contributed by atoms with van der Waals surface area (Å²) >= 11 is 3.18. The molecule has 4 rings (SSSR count). The van der Waals surface area contributed by atoms with Crippen LogP contribution in [0.5, 0.6) is 0 Å². The maximum atomic E-state index is 13.3. The Hall–Kier alpha value is -1.69. The Labute approximate surface area is 227 Å². The number of ether oxygens (including phenoxy) is 1. The highest BCUT2D eigenvalue weighted by Gasteiger charge is 2.23. The summed E-state index contributed by atoms with van der Waals surface area (Å²) in [6, 6.07) is 13.0. The molecule has 0 spiro atoms. The minimum atomic E-state index is -3.43. The van der Waals surface area contributed by atoms with Gasteiger partial charge in [-0.1, -0.05) is 29.0 Å². The molecule has 1 saturated heterocycles. The van der Waals surface area contributed by atoms with Gasteiger partial charge in [-0.15, -0.1) is 24.2 Å². The van der Waals surface area contributed by atoms with Crippen molar-refractivity contribution in [2.45, 2.75) is 29.6 Å². The summed E-state index contributed by atoms with van der Waals surface area (Å²) < 4.78 is 31.9. The van der Waals surface area contributed by atoms with Gasteiger partial charge in [-0.25, -0.2) is 13.4 Å². The third-order valence-electron chi connectivity index (χ3n) is 6.04. The van der Waals surface area contributed by atoms with E-state index in [2.05, 4.69) is 11.0 Å². The number of nitrogens with zero attached hydrogens (tertiary/aromatic N) is 3. The van der Waals surface area contributed by atoms with Crippen LogP contribution in [0.3, 0.4) is 0 Å². The van der Waals surface area contributed by atoms with Crippen LogP contribution >= 0.6 is 35.5 Å². The molecule has 0 saturated carbocycles. The summed E-state index contributed by atoms with van der Waals surface area (Å²) in [4.78, 5) is 23.5. The summed E-state index contributed by atoms with van der Waals surface area (Å²) in [5.41, 5.74) is 1.88. The van der Waals surface area contributed by atoms with Crippen molar-refractivity contribution >= 4 is 66.6 Å². The molecule has 0 N–H and O–H groups in total. The predicted octanol–water partition coefficient (Wildman–Crippen LogP) is 4.67. The van der Waals surface area contributed by atoms with Gasteiger partial charge in [0, 0.05) is 37.5 Å². The van der Waals surface area contributed by atoms with Crippen LogP contribution in [0.2, 0.25) is 0 Å². The molecule has 196 valence electrons. The van der Waals surface area contributed by atoms with E-state index in [4.69, 9.17) is 9.72 Å². The average molecular weight is 570 g/mol. The van der Waals surface area contributed by atoms with E-state index in [1.165, 1.54) is 11.3 Å². The molecule has 1 aliphatic heterocycles. The monoisotopic (exact) mass is 569 g/mol. The largest absolute Gasteiger partial charge is 0.379 e. The number of thiazole rings is 1. The molecule has 0 aliphatic carbocycles. The van der Waals surface area contributed by atoms with Crippen LogP contribution in [-0.2, 0) is 19.4 Å². The molecule has 11 heteroatoms. The number of rotatable bonds is 10. The van der Waals surface area contributed by atoms with Crippen molar-refractivity contribution in [1.29, 1.82) is 0 Å². The Balaban J connectivity index is 0.00000361. The number of carbonyl (C=O) groups excluding carboxylic acids is 1. The van der Waals surface area contributed by atoms with Crippen molar-refractivity contribution in [1.82, 2.24) is 9.88 Å². The number of anilines is 1. The highest BCUT2D eigenvalue weighted by molar-refractivity contribution is 7.98. The van der Waals surface area contributed by atoms with Crippen molar-refractivity contribution in [2.75, 3.05) is 56.3 Å². The van der Waals surface area contributed by atoms with Crippen LogP contribution in [0.4, 0.5) is 5.13 Å². The molecule has 0 bridgehead atoms. The number of sulfone groups is 1. The number of amides is 1. The van der Waals surface area contributed by atoms with E-state index in [0.717, 1.165) is 40.3 Å². The first-order chi connectivity index (χ1) is 16.9. The lowest BCUT2D eigenvalue weighted by Crippen LogP contribution is -2.43. The molecule has 36 heavy (non-hydrogen) atoms. The summed E-state index contributed by atoms with van der Waals surface area (Å²) in [5.74, 6) is -0.155. The van der Waals surface area contributed by atoms with E-state index in [1.54, 1.807) is 40.9 Å². The van der Waals surface area contributed by atoms with Gasteiger partial charge in [0.15, 0.2) is 15.0 Å². The van der Waals surface area contributed by atoms with Crippen LogP contribution < -0.4 is 4.90 Å². The summed E-state index contributed by atoms with van der Waals surface area (Å²) in [7, 11) is -3.43. The van der Waals surface area contributed by atoms with Gasteiger partial charge in [-0.3, -0.25) is 14.6 Å². The molecule has 0 radical (unpaired) electrons. The molecule has 3 aromatic rings. The number of benzene rings is 2. The number of thioether (sulfide) groups is 1. The Morgan fingerprint density at radius 1 is 1.17 bits per heavy atom. The SMILES string of the molecule is CSc1ccc2nc(N(CCN3CCOCC3)C(=O)CCCS(=O)(=O)c3ccc(C)cc3)sc2c1.Cl. The van der Waals surface area contributed by atoms with E-state index in [9.17, 15) is 13.2 Å². The van der Waals surface area contributed by atoms with Crippen LogP contribution in [0, 0.1) is 6.92 Å². The van der Waals surface area contributed by atoms with Gasteiger partial charge in [0.1, 0.15) is 0 Å². The lowest BCUT2D eigenvalue weighted by atomic mass is 10.2. The number of hydrogen-bond acceptors (Lipinski definition) is 8. The van der Waals surface area contributed by atoms with Crippen molar-refractivity contribution in [3.05, 3.63) is 48.0 Å². The molecule has 1 aromatic heterocycles. The van der Waals surface area contributed by atoms with Crippen LogP contribution in [0.1, 0.15) is 18.4 Å². The number of halogens is 1. The van der Waals surface area contributed by atoms with Crippen molar-refractivity contribution < 1.29 is 17.9 Å². The Morgan fingerprint density at radius 2 is 1.89 bits per heavy atom. The quantitative estimate of drug-likeness (QED) is 0.328. The molecule has 2 aromatic carbocycles. The zero-order chi connectivity index (χ0) is 24.8. The minimum absolute atomic E-state index is 0. The van der Waals surface area contributed by atoms with Gasteiger partial charge in [0.05, 0.1) is 34.1 Å².